The third-order valence-electron chi connectivity index (χ3n) is 4.47. The molecule has 0 radical (unpaired) electrons. The predicted octanol–water partition coefficient (Wildman–Crippen LogP) is 2.28. The molecule has 2 unspecified atom stereocenters. The van der Waals surface area contributed by atoms with Crippen LogP contribution in [0.15, 0.2) is 28.7 Å². The molecule has 8 heteroatoms. The minimum atomic E-state index is -0.516. The van der Waals surface area contributed by atoms with Crippen LogP contribution in [0.4, 0.5) is 0 Å². The molecule has 0 aliphatic carbocycles. The number of piperazine rings is 1. The lowest BCUT2D eigenvalue weighted by Gasteiger charge is -2.33. The van der Waals surface area contributed by atoms with Gasteiger partial charge in [0.15, 0.2) is 0 Å². The maximum absolute atomic E-state index is 12.6. The smallest absolute Gasteiger partial charge is 0.308 e. The van der Waals surface area contributed by atoms with Gasteiger partial charge in [0.1, 0.15) is 6.61 Å². The van der Waals surface area contributed by atoms with E-state index >= 15 is 0 Å². The molecule has 2 heterocycles. The highest BCUT2D eigenvalue weighted by molar-refractivity contribution is 9.10. The first-order chi connectivity index (χ1) is 12.1. The van der Waals surface area contributed by atoms with Gasteiger partial charge >= 0.3 is 5.97 Å². The highest BCUT2D eigenvalue weighted by Gasteiger charge is 2.31. The third-order valence-corrected chi connectivity index (χ3v) is 4.96. The molecule has 3 rings (SSSR count). The lowest BCUT2D eigenvalue weighted by Crippen LogP contribution is -2.55. The first-order valence-electron chi connectivity index (χ1n) is 8.65. The maximum atomic E-state index is 12.6. The number of nitrogens with zero attached hydrogens (tertiary/aromatic N) is 1. The topological polar surface area (TPSA) is 67.9 Å². The molecule has 2 saturated heterocycles. The first kappa shape index (κ1) is 21.2. The molecule has 0 aromatic heterocycles. The zero-order valence-electron chi connectivity index (χ0n) is 14.5. The molecule has 26 heavy (non-hydrogen) atoms. The van der Waals surface area contributed by atoms with Gasteiger partial charge in [0.2, 0.25) is 5.91 Å². The van der Waals surface area contributed by atoms with Crippen LogP contribution in [0.2, 0.25) is 0 Å². The Morgan fingerprint density at radius 3 is 3.00 bits per heavy atom. The molecule has 6 nitrogen and oxygen atoms in total. The largest absolute Gasteiger partial charge is 0.463 e. The van der Waals surface area contributed by atoms with Crippen LogP contribution >= 0.6 is 28.3 Å². The zero-order valence-corrected chi connectivity index (χ0v) is 16.9. The molecule has 0 bridgehead atoms. The average molecular weight is 448 g/mol. The minimum Gasteiger partial charge on any atom is -0.463 e. The average Bonchev–Trinajstić information content (AvgIpc) is 3.10. The summed E-state index contributed by atoms with van der Waals surface area (Å²) >= 11 is 3.44. The summed E-state index contributed by atoms with van der Waals surface area (Å²) in [5.41, 5.74) is 1.06. The van der Waals surface area contributed by atoms with Gasteiger partial charge in [0.05, 0.1) is 18.6 Å². The van der Waals surface area contributed by atoms with E-state index in [0.29, 0.717) is 19.6 Å². The van der Waals surface area contributed by atoms with E-state index in [1.165, 1.54) is 0 Å². The molecule has 2 aliphatic rings. The molecule has 0 saturated carbocycles. The van der Waals surface area contributed by atoms with Gasteiger partial charge in [-0.25, -0.2) is 0 Å². The van der Waals surface area contributed by atoms with E-state index in [4.69, 9.17) is 9.47 Å². The van der Waals surface area contributed by atoms with Gasteiger partial charge in [-0.2, -0.15) is 0 Å². The molecule has 1 aromatic rings. The van der Waals surface area contributed by atoms with E-state index in [1.54, 1.807) is 4.90 Å². The van der Waals surface area contributed by atoms with Gasteiger partial charge < -0.3 is 19.7 Å². The van der Waals surface area contributed by atoms with Crippen LogP contribution in [0.5, 0.6) is 0 Å². The molecular weight excluding hydrogens is 424 g/mol. The van der Waals surface area contributed by atoms with Crippen LogP contribution in [0.3, 0.4) is 0 Å². The van der Waals surface area contributed by atoms with Crippen molar-refractivity contribution in [2.24, 2.45) is 0 Å². The van der Waals surface area contributed by atoms with Crippen LogP contribution in [0.25, 0.3) is 0 Å². The molecule has 2 aliphatic heterocycles. The zero-order chi connectivity index (χ0) is 17.6. The van der Waals surface area contributed by atoms with Gasteiger partial charge in [-0.1, -0.05) is 28.1 Å². The summed E-state index contributed by atoms with van der Waals surface area (Å²) in [7, 11) is 0. The Bertz CT molecular complexity index is 625. The Morgan fingerprint density at radius 1 is 1.42 bits per heavy atom. The van der Waals surface area contributed by atoms with Crippen molar-refractivity contribution in [1.82, 2.24) is 10.2 Å². The fraction of sp³-hybridized carbons (Fsp3) is 0.556. The van der Waals surface area contributed by atoms with E-state index in [-0.39, 0.29) is 43.4 Å². The SMILES string of the molecule is Cl.O=C(CC1NCCN(Cc2cccc(Br)c2)C1=O)OCC1CCCO1. The highest BCUT2D eigenvalue weighted by Crippen LogP contribution is 2.16. The van der Waals surface area contributed by atoms with Gasteiger partial charge in [0, 0.05) is 30.7 Å². The standard InChI is InChI=1S/C18H23BrN2O4.ClH/c19-14-4-1-3-13(9-14)11-21-7-6-20-16(18(21)23)10-17(22)25-12-15-5-2-8-24-15;/h1,3-4,9,15-16,20H,2,5-8,10-12H2;1H. The van der Waals surface area contributed by atoms with Crippen LogP contribution < -0.4 is 5.32 Å². The van der Waals surface area contributed by atoms with Gasteiger partial charge in [-0.15, -0.1) is 12.4 Å². The fourth-order valence-electron chi connectivity index (χ4n) is 3.15. The van der Waals surface area contributed by atoms with Crippen LogP contribution in [0, 0.1) is 0 Å². The Hall–Kier alpha value is -1.15. The quantitative estimate of drug-likeness (QED) is 0.678. The van der Waals surface area contributed by atoms with E-state index in [0.717, 1.165) is 29.5 Å². The van der Waals surface area contributed by atoms with Gasteiger partial charge in [0.25, 0.3) is 0 Å². The molecule has 144 valence electrons. The Kier molecular flexibility index (Phi) is 8.34. The number of rotatable bonds is 6. The second-order valence-corrected chi connectivity index (χ2v) is 7.33. The number of halogens is 2. The number of hydrogen-bond donors (Lipinski definition) is 1. The molecular formula is C18H24BrClN2O4. The predicted molar refractivity (Wildman–Crippen MR) is 103 cm³/mol. The number of ether oxygens (including phenoxy) is 2. The maximum Gasteiger partial charge on any atom is 0.308 e. The van der Waals surface area contributed by atoms with Crippen molar-refractivity contribution in [3.63, 3.8) is 0 Å². The van der Waals surface area contributed by atoms with Crippen molar-refractivity contribution in [3.05, 3.63) is 34.3 Å². The molecule has 1 amide bonds. The number of benzene rings is 1. The normalized spacial score (nSPS) is 22.8. The number of hydrogen-bond acceptors (Lipinski definition) is 5. The Morgan fingerprint density at radius 2 is 2.27 bits per heavy atom. The second-order valence-electron chi connectivity index (χ2n) is 6.42. The van der Waals surface area contributed by atoms with Crippen molar-refractivity contribution in [2.45, 2.75) is 38.0 Å². The van der Waals surface area contributed by atoms with Gasteiger partial charge in [-0.3, -0.25) is 9.59 Å². The summed E-state index contributed by atoms with van der Waals surface area (Å²) in [4.78, 5) is 26.4. The molecule has 2 fully saturated rings. The third kappa shape index (κ3) is 5.94. The van der Waals surface area contributed by atoms with Crippen LogP contribution in [-0.4, -0.2) is 55.2 Å². The lowest BCUT2D eigenvalue weighted by molar-refractivity contribution is -0.151. The first-order valence-corrected chi connectivity index (χ1v) is 9.45. The van der Waals surface area contributed by atoms with E-state index in [9.17, 15) is 9.59 Å². The summed E-state index contributed by atoms with van der Waals surface area (Å²) in [6.07, 6.45) is 2.00. The van der Waals surface area contributed by atoms with Crippen molar-refractivity contribution < 1.29 is 19.1 Å². The number of carbonyl (C=O) groups is 2. The van der Waals surface area contributed by atoms with Gasteiger partial charge in [-0.05, 0) is 30.5 Å². The summed E-state index contributed by atoms with van der Waals surface area (Å²) < 4.78 is 11.7. The van der Waals surface area contributed by atoms with Crippen LogP contribution in [0.1, 0.15) is 24.8 Å². The van der Waals surface area contributed by atoms with Crippen molar-refractivity contribution in [1.29, 1.82) is 0 Å². The summed E-state index contributed by atoms with van der Waals surface area (Å²) in [5, 5.41) is 3.12. The number of amides is 1. The Labute approximate surface area is 168 Å². The summed E-state index contributed by atoms with van der Waals surface area (Å²) in [6, 6.07) is 7.38. The molecule has 2 atom stereocenters. The molecule has 0 spiro atoms. The highest BCUT2D eigenvalue weighted by atomic mass is 79.9. The van der Waals surface area contributed by atoms with Crippen molar-refractivity contribution in [2.75, 3.05) is 26.3 Å². The molecule has 1 N–H and O–H groups in total. The van der Waals surface area contributed by atoms with Crippen molar-refractivity contribution in [3.8, 4) is 0 Å². The lowest BCUT2D eigenvalue weighted by atomic mass is 10.1. The Balaban J connectivity index is 0.00000243. The number of nitrogens with one attached hydrogen (secondary N) is 1. The second kappa shape index (κ2) is 10.3. The van der Waals surface area contributed by atoms with E-state index < -0.39 is 6.04 Å². The molecule has 1 aromatic carbocycles. The van der Waals surface area contributed by atoms with Crippen LogP contribution in [-0.2, 0) is 25.6 Å². The monoisotopic (exact) mass is 446 g/mol. The fourth-order valence-corrected chi connectivity index (χ4v) is 3.60. The van der Waals surface area contributed by atoms with E-state index in [1.807, 2.05) is 24.3 Å². The van der Waals surface area contributed by atoms with Crippen molar-refractivity contribution >= 4 is 40.2 Å². The minimum absolute atomic E-state index is 0. The number of carbonyl (C=O) groups excluding carboxylic acids is 2. The summed E-state index contributed by atoms with van der Waals surface area (Å²) in [5.74, 6) is -0.411. The van der Waals surface area contributed by atoms with E-state index in [2.05, 4.69) is 21.2 Å². The summed E-state index contributed by atoms with van der Waals surface area (Å²) in [6.45, 7) is 2.86. The number of esters is 1.